The molecule has 0 saturated carbocycles. The molecule has 0 saturated heterocycles. The number of hydrogen-bond acceptors (Lipinski definition) is 2. The molecular formula is C10H13N3. The molecule has 0 atom stereocenters. The molecule has 1 heterocycles. The van der Waals surface area contributed by atoms with Crippen LogP contribution in [0.2, 0.25) is 0 Å². The van der Waals surface area contributed by atoms with E-state index in [1.165, 1.54) is 5.56 Å². The van der Waals surface area contributed by atoms with E-state index in [0.29, 0.717) is 11.4 Å². The average molecular weight is 175 g/mol. The predicted octanol–water partition coefficient (Wildman–Crippen LogP) is 1.95. The number of anilines is 2. The van der Waals surface area contributed by atoms with E-state index in [1.807, 2.05) is 19.1 Å². The van der Waals surface area contributed by atoms with Crippen LogP contribution in [0, 0.1) is 13.8 Å². The Morgan fingerprint density at radius 1 is 1.15 bits per heavy atom. The second kappa shape index (κ2) is 2.42. The van der Waals surface area contributed by atoms with Gasteiger partial charge in [0, 0.05) is 11.1 Å². The van der Waals surface area contributed by atoms with Crippen molar-refractivity contribution in [2.75, 3.05) is 11.5 Å². The number of fused-ring (bicyclic) bond motifs is 1. The predicted molar refractivity (Wildman–Crippen MR) is 56.6 cm³/mol. The summed E-state index contributed by atoms with van der Waals surface area (Å²) in [4.78, 5) is 3.23. The topological polar surface area (TPSA) is 67.8 Å². The highest BCUT2D eigenvalue weighted by Crippen LogP contribution is 2.29. The van der Waals surface area contributed by atoms with E-state index in [4.69, 9.17) is 11.5 Å². The quantitative estimate of drug-likeness (QED) is 0.536. The van der Waals surface area contributed by atoms with Gasteiger partial charge in [-0.3, -0.25) is 0 Å². The van der Waals surface area contributed by atoms with Gasteiger partial charge in [-0.05, 0) is 25.5 Å². The van der Waals surface area contributed by atoms with Gasteiger partial charge in [0.25, 0.3) is 0 Å². The first kappa shape index (κ1) is 7.98. The maximum absolute atomic E-state index is 5.84. The van der Waals surface area contributed by atoms with E-state index in [1.54, 1.807) is 0 Å². The van der Waals surface area contributed by atoms with Crippen molar-refractivity contribution in [1.82, 2.24) is 4.98 Å². The van der Waals surface area contributed by atoms with Crippen LogP contribution in [0.3, 0.4) is 0 Å². The highest BCUT2D eigenvalue weighted by molar-refractivity contribution is 5.98. The molecule has 0 amide bonds. The number of rotatable bonds is 0. The molecule has 0 spiro atoms. The van der Waals surface area contributed by atoms with E-state index in [2.05, 4.69) is 11.9 Å². The lowest BCUT2D eigenvalue weighted by Crippen LogP contribution is -1.94. The molecule has 0 aliphatic heterocycles. The van der Waals surface area contributed by atoms with Crippen LogP contribution in [-0.2, 0) is 0 Å². The Morgan fingerprint density at radius 3 is 2.54 bits per heavy atom. The number of nitrogens with two attached hydrogens (primary N) is 2. The molecule has 0 unspecified atom stereocenters. The van der Waals surface area contributed by atoms with Gasteiger partial charge in [0.15, 0.2) is 0 Å². The Balaban J connectivity index is 2.94. The molecule has 3 heteroatoms. The van der Waals surface area contributed by atoms with Gasteiger partial charge in [0.05, 0.1) is 16.9 Å². The first-order chi connectivity index (χ1) is 6.11. The minimum Gasteiger partial charge on any atom is -0.397 e. The molecule has 0 radical (unpaired) electrons. The normalized spacial score (nSPS) is 10.9. The van der Waals surface area contributed by atoms with Crippen molar-refractivity contribution < 1.29 is 0 Å². The van der Waals surface area contributed by atoms with Crippen molar-refractivity contribution in [2.45, 2.75) is 13.8 Å². The first-order valence-electron chi connectivity index (χ1n) is 4.24. The number of benzene rings is 1. The fourth-order valence-electron chi connectivity index (χ4n) is 1.57. The van der Waals surface area contributed by atoms with Crippen molar-refractivity contribution in [3.8, 4) is 0 Å². The van der Waals surface area contributed by atoms with Gasteiger partial charge in [-0.2, -0.15) is 0 Å². The zero-order valence-electron chi connectivity index (χ0n) is 7.81. The number of aryl methyl sites for hydroxylation is 2. The van der Waals surface area contributed by atoms with E-state index in [-0.39, 0.29) is 0 Å². The Morgan fingerprint density at radius 2 is 1.85 bits per heavy atom. The minimum atomic E-state index is 0.633. The van der Waals surface area contributed by atoms with Gasteiger partial charge in [-0.25, -0.2) is 0 Å². The molecule has 13 heavy (non-hydrogen) atoms. The molecule has 5 N–H and O–H groups in total. The number of aromatic amines is 1. The second-order valence-corrected chi connectivity index (χ2v) is 3.37. The summed E-state index contributed by atoms with van der Waals surface area (Å²) >= 11 is 0. The highest BCUT2D eigenvalue weighted by atomic mass is 14.8. The van der Waals surface area contributed by atoms with Gasteiger partial charge < -0.3 is 16.5 Å². The first-order valence-corrected chi connectivity index (χ1v) is 4.24. The van der Waals surface area contributed by atoms with E-state index >= 15 is 0 Å². The maximum atomic E-state index is 5.84. The summed E-state index contributed by atoms with van der Waals surface area (Å²) < 4.78 is 0. The fourth-order valence-corrected chi connectivity index (χ4v) is 1.57. The van der Waals surface area contributed by atoms with Gasteiger partial charge in [-0.15, -0.1) is 0 Å². The van der Waals surface area contributed by atoms with Gasteiger partial charge in [-0.1, -0.05) is 6.07 Å². The van der Waals surface area contributed by atoms with E-state index < -0.39 is 0 Å². The van der Waals surface area contributed by atoms with Gasteiger partial charge in [0.2, 0.25) is 0 Å². The Hall–Kier alpha value is -1.64. The third-order valence-corrected chi connectivity index (χ3v) is 2.56. The molecule has 3 nitrogen and oxygen atoms in total. The van der Waals surface area contributed by atoms with Crippen LogP contribution in [0.25, 0.3) is 10.9 Å². The third-order valence-electron chi connectivity index (χ3n) is 2.56. The lowest BCUT2D eigenvalue weighted by molar-refractivity contribution is 1.25. The Kier molecular flexibility index (Phi) is 1.49. The van der Waals surface area contributed by atoms with Crippen molar-refractivity contribution in [1.29, 1.82) is 0 Å². The lowest BCUT2D eigenvalue weighted by Gasteiger charge is -2.00. The summed E-state index contributed by atoms with van der Waals surface area (Å²) in [6, 6.07) is 3.85. The number of nitrogens with one attached hydrogen (secondary N) is 1. The van der Waals surface area contributed by atoms with Crippen LogP contribution in [0.15, 0.2) is 12.1 Å². The van der Waals surface area contributed by atoms with Crippen LogP contribution in [-0.4, -0.2) is 4.98 Å². The van der Waals surface area contributed by atoms with Crippen LogP contribution >= 0.6 is 0 Å². The summed E-state index contributed by atoms with van der Waals surface area (Å²) in [6.07, 6.45) is 0. The lowest BCUT2D eigenvalue weighted by atomic mass is 10.1. The molecule has 1 aromatic heterocycles. The minimum absolute atomic E-state index is 0.633. The van der Waals surface area contributed by atoms with Crippen LogP contribution in [0.5, 0.6) is 0 Å². The largest absolute Gasteiger partial charge is 0.397 e. The van der Waals surface area contributed by atoms with E-state index in [0.717, 1.165) is 16.6 Å². The maximum Gasteiger partial charge on any atom is 0.0793 e. The average Bonchev–Trinajstić information content (AvgIpc) is 2.38. The van der Waals surface area contributed by atoms with Crippen LogP contribution in [0.4, 0.5) is 11.4 Å². The van der Waals surface area contributed by atoms with Crippen molar-refractivity contribution in [3.05, 3.63) is 23.4 Å². The number of hydrogen-bond donors (Lipinski definition) is 3. The van der Waals surface area contributed by atoms with Crippen molar-refractivity contribution >= 4 is 22.3 Å². The Bertz CT molecular complexity index is 468. The van der Waals surface area contributed by atoms with Crippen LogP contribution in [0.1, 0.15) is 11.3 Å². The fraction of sp³-hybridized carbons (Fsp3) is 0.200. The molecule has 0 fully saturated rings. The second-order valence-electron chi connectivity index (χ2n) is 3.37. The van der Waals surface area contributed by atoms with Crippen molar-refractivity contribution in [2.24, 2.45) is 0 Å². The molecule has 68 valence electrons. The smallest absolute Gasteiger partial charge is 0.0793 e. The molecule has 2 rings (SSSR count). The van der Waals surface area contributed by atoms with Gasteiger partial charge in [0.1, 0.15) is 0 Å². The SMILES string of the molecule is Cc1[nH]c2c(N)c(N)ccc2c1C. The third kappa shape index (κ3) is 0.967. The standard InChI is InChI=1S/C10H13N3/c1-5-6(2)13-10-7(5)3-4-8(11)9(10)12/h3-4,13H,11-12H2,1-2H3. The summed E-state index contributed by atoms with van der Waals surface area (Å²) in [5, 5.41) is 1.16. The summed E-state index contributed by atoms with van der Waals surface area (Å²) in [6.45, 7) is 4.11. The number of aromatic nitrogens is 1. The zero-order chi connectivity index (χ0) is 9.59. The van der Waals surface area contributed by atoms with E-state index in [9.17, 15) is 0 Å². The number of nitrogen functional groups attached to an aromatic ring is 2. The highest BCUT2D eigenvalue weighted by Gasteiger charge is 2.07. The molecule has 0 aliphatic rings. The molecule has 1 aromatic carbocycles. The summed E-state index contributed by atoms with van der Waals surface area (Å²) in [5.74, 6) is 0. The number of H-pyrrole nitrogens is 1. The van der Waals surface area contributed by atoms with Gasteiger partial charge >= 0.3 is 0 Å². The molecule has 0 bridgehead atoms. The molecular weight excluding hydrogens is 162 g/mol. The Labute approximate surface area is 76.7 Å². The molecule has 2 aromatic rings. The summed E-state index contributed by atoms with van der Waals surface area (Å²) in [5.41, 5.74) is 16.2. The monoisotopic (exact) mass is 175 g/mol. The summed E-state index contributed by atoms with van der Waals surface area (Å²) in [7, 11) is 0. The molecule has 0 aliphatic carbocycles. The van der Waals surface area contributed by atoms with Crippen LogP contribution < -0.4 is 11.5 Å². The van der Waals surface area contributed by atoms with Crippen molar-refractivity contribution in [3.63, 3.8) is 0 Å². The zero-order valence-corrected chi connectivity index (χ0v) is 7.81.